The maximum Gasteiger partial charge on any atom is 0.196 e. The molecule has 0 saturated carbocycles. The van der Waals surface area contributed by atoms with Gasteiger partial charge in [0.1, 0.15) is 6.10 Å². The van der Waals surface area contributed by atoms with Crippen LogP contribution in [0.15, 0.2) is 66.9 Å². The molecule has 104 valence electrons. The molecule has 2 aromatic carbocycles. The maximum absolute atomic E-state index is 12.7. The number of carbonyl (C=O) groups is 1. The average molecular weight is 277 g/mol. The van der Waals surface area contributed by atoms with Crippen LogP contribution in [0, 0.1) is 0 Å². The minimum Gasteiger partial charge on any atom is -0.369 e. The minimum absolute atomic E-state index is 0.0468. The first-order valence-corrected chi connectivity index (χ1v) is 6.76. The Bertz CT molecular complexity index is 768. The van der Waals surface area contributed by atoms with E-state index in [1.165, 1.54) is 0 Å². The standard InChI is InChI=1S/C18H15NO2/c1-21-18(13-6-3-2-4-7-13)17(20)15-9-10-16-14(12-15)8-5-11-19-16/h2-12,18H,1H3. The summed E-state index contributed by atoms with van der Waals surface area (Å²) in [5.74, 6) is -0.0468. The van der Waals surface area contributed by atoms with E-state index in [-0.39, 0.29) is 5.78 Å². The molecule has 1 heterocycles. The molecular weight excluding hydrogens is 262 g/mol. The second-order valence-electron chi connectivity index (χ2n) is 4.80. The lowest BCUT2D eigenvalue weighted by atomic mass is 9.98. The SMILES string of the molecule is COC(C(=O)c1ccc2ncccc2c1)c1ccccc1. The number of nitrogens with zero attached hydrogens (tertiary/aromatic N) is 1. The molecule has 3 rings (SSSR count). The Morgan fingerprint density at radius 1 is 1.05 bits per heavy atom. The Hall–Kier alpha value is -2.52. The number of rotatable bonds is 4. The summed E-state index contributed by atoms with van der Waals surface area (Å²) < 4.78 is 5.40. The molecule has 1 unspecified atom stereocenters. The number of hydrogen-bond donors (Lipinski definition) is 0. The molecule has 3 aromatic rings. The summed E-state index contributed by atoms with van der Waals surface area (Å²) >= 11 is 0. The molecule has 0 saturated heterocycles. The van der Waals surface area contributed by atoms with E-state index in [4.69, 9.17) is 4.74 Å². The fraction of sp³-hybridized carbons (Fsp3) is 0.111. The molecular formula is C18H15NO2. The van der Waals surface area contributed by atoms with Crippen molar-refractivity contribution in [3.8, 4) is 0 Å². The average Bonchev–Trinajstić information content (AvgIpc) is 2.56. The van der Waals surface area contributed by atoms with Crippen LogP contribution in [-0.2, 0) is 4.74 Å². The number of fused-ring (bicyclic) bond motifs is 1. The van der Waals surface area contributed by atoms with Crippen molar-refractivity contribution in [2.45, 2.75) is 6.10 Å². The normalized spacial score (nSPS) is 12.2. The van der Waals surface area contributed by atoms with Gasteiger partial charge in [0, 0.05) is 24.3 Å². The highest BCUT2D eigenvalue weighted by Gasteiger charge is 2.21. The second-order valence-corrected chi connectivity index (χ2v) is 4.80. The molecule has 0 fully saturated rings. The molecule has 0 aliphatic carbocycles. The quantitative estimate of drug-likeness (QED) is 0.681. The van der Waals surface area contributed by atoms with E-state index in [0.717, 1.165) is 16.5 Å². The zero-order valence-electron chi connectivity index (χ0n) is 11.7. The fourth-order valence-corrected chi connectivity index (χ4v) is 2.40. The van der Waals surface area contributed by atoms with Gasteiger partial charge in [0.15, 0.2) is 5.78 Å². The molecule has 1 atom stereocenters. The first-order chi connectivity index (χ1) is 10.3. The second kappa shape index (κ2) is 5.85. The molecule has 1 aromatic heterocycles. The van der Waals surface area contributed by atoms with E-state index in [2.05, 4.69) is 4.98 Å². The van der Waals surface area contributed by atoms with Gasteiger partial charge in [-0.2, -0.15) is 0 Å². The summed E-state index contributed by atoms with van der Waals surface area (Å²) in [4.78, 5) is 16.9. The summed E-state index contributed by atoms with van der Waals surface area (Å²) in [6, 6.07) is 18.8. The van der Waals surface area contributed by atoms with Crippen molar-refractivity contribution < 1.29 is 9.53 Å². The summed E-state index contributed by atoms with van der Waals surface area (Å²) in [6.45, 7) is 0. The van der Waals surface area contributed by atoms with Crippen LogP contribution < -0.4 is 0 Å². The van der Waals surface area contributed by atoms with E-state index in [1.807, 2.05) is 54.6 Å². The summed E-state index contributed by atoms with van der Waals surface area (Å²) in [6.07, 6.45) is 1.16. The van der Waals surface area contributed by atoms with Crippen LogP contribution in [0.1, 0.15) is 22.0 Å². The van der Waals surface area contributed by atoms with Crippen molar-refractivity contribution in [1.82, 2.24) is 4.98 Å². The van der Waals surface area contributed by atoms with E-state index < -0.39 is 6.10 Å². The number of ether oxygens (including phenoxy) is 1. The number of benzene rings is 2. The molecule has 21 heavy (non-hydrogen) atoms. The van der Waals surface area contributed by atoms with Gasteiger partial charge >= 0.3 is 0 Å². The maximum atomic E-state index is 12.7. The highest BCUT2D eigenvalue weighted by molar-refractivity contribution is 6.02. The molecule has 0 radical (unpaired) electrons. The predicted octanol–water partition coefficient (Wildman–Crippen LogP) is 3.81. The van der Waals surface area contributed by atoms with Gasteiger partial charge in [0.25, 0.3) is 0 Å². The number of methoxy groups -OCH3 is 1. The Kier molecular flexibility index (Phi) is 3.75. The van der Waals surface area contributed by atoms with Gasteiger partial charge in [-0.25, -0.2) is 0 Å². The van der Waals surface area contributed by atoms with Crippen LogP contribution >= 0.6 is 0 Å². The lowest BCUT2D eigenvalue weighted by Crippen LogP contribution is -2.14. The van der Waals surface area contributed by atoms with Crippen molar-refractivity contribution in [2.24, 2.45) is 0 Å². The highest BCUT2D eigenvalue weighted by atomic mass is 16.5. The van der Waals surface area contributed by atoms with E-state index in [9.17, 15) is 4.79 Å². The third kappa shape index (κ3) is 2.69. The summed E-state index contributed by atoms with van der Waals surface area (Å²) in [5, 5.41) is 0.950. The van der Waals surface area contributed by atoms with Crippen molar-refractivity contribution in [3.05, 3.63) is 78.0 Å². The molecule has 0 aliphatic rings. The van der Waals surface area contributed by atoms with Crippen LogP contribution in [0.5, 0.6) is 0 Å². The van der Waals surface area contributed by atoms with Crippen LogP contribution in [0.2, 0.25) is 0 Å². The van der Waals surface area contributed by atoms with Gasteiger partial charge in [0.05, 0.1) is 5.52 Å². The first-order valence-electron chi connectivity index (χ1n) is 6.76. The topological polar surface area (TPSA) is 39.2 Å². The lowest BCUT2D eigenvalue weighted by Gasteiger charge is -2.14. The van der Waals surface area contributed by atoms with Gasteiger partial charge in [0.2, 0.25) is 0 Å². The Morgan fingerprint density at radius 3 is 2.62 bits per heavy atom. The number of Topliss-reactive ketones (excluding diaryl/α,β-unsaturated/α-hetero) is 1. The van der Waals surface area contributed by atoms with Crippen LogP contribution in [0.3, 0.4) is 0 Å². The molecule has 0 aliphatic heterocycles. The minimum atomic E-state index is -0.583. The van der Waals surface area contributed by atoms with Gasteiger partial charge in [-0.3, -0.25) is 9.78 Å². The van der Waals surface area contributed by atoms with E-state index >= 15 is 0 Å². The summed E-state index contributed by atoms with van der Waals surface area (Å²) in [5.41, 5.74) is 2.37. The fourth-order valence-electron chi connectivity index (χ4n) is 2.40. The summed E-state index contributed by atoms with van der Waals surface area (Å²) in [7, 11) is 1.55. The zero-order valence-corrected chi connectivity index (χ0v) is 11.7. The zero-order chi connectivity index (χ0) is 14.7. The number of pyridine rings is 1. The number of aromatic nitrogens is 1. The Balaban J connectivity index is 1.98. The number of carbonyl (C=O) groups excluding carboxylic acids is 1. The molecule has 0 amide bonds. The number of ketones is 1. The Morgan fingerprint density at radius 2 is 1.86 bits per heavy atom. The van der Waals surface area contributed by atoms with Crippen LogP contribution in [0.4, 0.5) is 0 Å². The smallest absolute Gasteiger partial charge is 0.196 e. The predicted molar refractivity (Wildman–Crippen MR) is 82.3 cm³/mol. The monoisotopic (exact) mass is 277 g/mol. The molecule has 3 heteroatoms. The van der Waals surface area contributed by atoms with Gasteiger partial charge in [-0.05, 0) is 29.8 Å². The van der Waals surface area contributed by atoms with E-state index in [1.54, 1.807) is 19.4 Å². The third-order valence-corrected chi connectivity index (χ3v) is 3.46. The number of hydrogen-bond acceptors (Lipinski definition) is 3. The van der Waals surface area contributed by atoms with Gasteiger partial charge in [-0.15, -0.1) is 0 Å². The molecule has 0 bridgehead atoms. The largest absolute Gasteiger partial charge is 0.369 e. The Labute approximate surface area is 123 Å². The highest BCUT2D eigenvalue weighted by Crippen LogP contribution is 2.23. The molecule has 0 spiro atoms. The van der Waals surface area contributed by atoms with Crippen molar-refractivity contribution >= 4 is 16.7 Å². The van der Waals surface area contributed by atoms with Crippen molar-refractivity contribution in [3.63, 3.8) is 0 Å². The van der Waals surface area contributed by atoms with Gasteiger partial charge < -0.3 is 4.74 Å². The molecule has 0 N–H and O–H groups in total. The van der Waals surface area contributed by atoms with Crippen LogP contribution in [-0.4, -0.2) is 17.9 Å². The molecule has 3 nitrogen and oxygen atoms in total. The third-order valence-electron chi connectivity index (χ3n) is 3.46. The first kappa shape index (κ1) is 13.5. The van der Waals surface area contributed by atoms with Crippen LogP contribution in [0.25, 0.3) is 10.9 Å². The lowest BCUT2D eigenvalue weighted by molar-refractivity contribution is 0.0604. The van der Waals surface area contributed by atoms with Crippen molar-refractivity contribution in [1.29, 1.82) is 0 Å². The van der Waals surface area contributed by atoms with Gasteiger partial charge in [-0.1, -0.05) is 36.4 Å². The van der Waals surface area contributed by atoms with Crippen molar-refractivity contribution in [2.75, 3.05) is 7.11 Å². The van der Waals surface area contributed by atoms with E-state index in [0.29, 0.717) is 5.56 Å².